The third kappa shape index (κ3) is 3.64. The highest BCUT2D eigenvalue weighted by Crippen LogP contribution is 2.21. The molecule has 6 nitrogen and oxygen atoms in total. The van der Waals surface area contributed by atoms with E-state index in [0.29, 0.717) is 38.4 Å². The van der Waals surface area contributed by atoms with Crippen molar-refractivity contribution >= 4 is 11.6 Å². The van der Waals surface area contributed by atoms with Gasteiger partial charge < -0.3 is 19.6 Å². The second kappa shape index (κ2) is 7.29. The minimum absolute atomic E-state index is 0.306. The van der Waals surface area contributed by atoms with Gasteiger partial charge in [-0.05, 0) is 12.1 Å². The van der Waals surface area contributed by atoms with E-state index in [1.807, 2.05) is 4.90 Å². The zero-order chi connectivity index (χ0) is 16.9. The van der Waals surface area contributed by atoms with E-state index < -0.39 is 11.6 Å². The molecule has 0 amide bonds. The molecule has 1 N–H and O–H groups in total. The monoisotopic (exact) mass is 335 g/mol. The van der Waals surface area contributed by atoms with E-state index in [1.165, 1.54) is 12.3 Å². The number of aliphatic imine (C=N–C) groups is 1. The number of aromatic nitrogens is 1. The second-order valence-corrected chi connectivity index (χ2v) is 5.46. The van der Waals surface area contributed by atoms with E-state index in [-0.39, 0.29) is 0 Å². The lowest BCUT2D eigenvalue weighted by Gasteiger charge is -2.37. The fraction of sp³-hybridized carbons (Fsp3) is 0.375. The molecule has 1 aliphatic heterocycles. The summed E-state index contributed by atoms with van der Waals surface area (Å²) in [5, 5.41) is 7.06. The highest BCUT2D eigenvalue weighted by molar-refractivity contribution is 5.80. The second-order valence-electron chi connectivity index (χ2n) is 5.46. The van der Waals surface area contributed by atoms with E-state index in [0.717, 1.165) is 23.8 Å². The number of nitrogens with zero attached hydrogens (tertiary/aromatic N) is 4. The number of rotatable bonds is 3. The van der Waals surface area contributed by atoms with Crippen LogP contribution in [0.4, 0.5) is 14.5 Å². The Hall–Kier alpha value is -2.64. The van der Waals surface area contributed by atoms with Crippen molar-refractivity contribution in [2.24, 2.45) is 4.99 Å². The maximum Gasteiger partial charge on any atom is 0.194 e. The van der Waals surface area contributed by atoms with Crippen molar-refractivity contribution in [3.8, 4) is 0 Å². The first-order valence-electron chi connectivity index (χ1n) is 7.72. The van der Waals surface area contributed by atoms with Crippen LogP contribution in [0, 0.1) is 11.6 Å². The summed E-state index contributed by atoms with van der Waals surface area (Å²) in [7, 11) is 1.71. The molecule has 0 radical (unpaired) electrons. The molecule has 2 heterocycles. The van der Waals surface area contributed by atoms with Crippen molar-refractivity contribution in [3.05, 3.63) is 47.9 Å². The molecule has 0 spiro atoms. The summed E-state index contributed by atoms with van der Waals surface area (Å²) in [6.45, 7) is 3.01. The zero-order valence-corrected chi connectivity index (χ0v) is 13.4. The van der Waals surface area contributed by atoms with Gasteiger partial charge in [0.15, 0.2) is 5.96 Å². The van der Waals surface area contributed by atoms with Crippen molar-refractivity contribution in [2.75, 3.05) is 38.1 Å². The molecular formula is C16H19F2N5O. The van der Waals surface area contributed by atoms with Crippen LogP contribution in [0.2, 0.25) is 0 Å². The van der Waals surface area contributed by atoms with Gasteiger partial charge in [0.1, 0.15) is 23.6 Å². The lowest BCUT2D eigenvalue weighted by atomic mass is 10.2. The van der Waals surface area contributed by atoms with Crippen molar-refractivity contribution in [2.45, 2.75) is 6.54 Å². The van der Waals surface area contributed by atoms with Crippen molar-refractivity contribution in [1.82, 2.24) is 15.4 Å². The number of hydrogen-bond acceptors (Lipinski definition) is 4. The first-order chi connectivity index (χ1) is 11.7. The number of piperazine rings is 1. The summed E-state index contributed by atoms with van der Waals surface area (Å²) in [6.07, 6.45) is 1.52. The molecule has 3 rings (SSSR count). The maximum absolute atomic E-state index is 13.9. The highest BCUT2D eigenvalue weighted by Gasteiger charge is 2.22. The molecule has 0 atom stereocenters. The largest absolute Gasteiger partial charge is 0.366 e. The molecule has 1 aromatic carbocycles. The van der Waals surface area contributed by atoms with Gasteiger partial charge in [-0.15, -0.1) is 0 Å². The molecule has 1 fully saturated rings. The molecule has 24 heavy (non-hydrogen) atoms. The summed E-state index contributed by atoms with van der Waals surface area (Å²) in [5.41, 5.74) is 1.09. The standard InChI is InChI=1S/C16H19F2N5O/c1-19-16(20-11-13-4-9-24-21-13)23-7-5-22(6-8-23)15-10-12(17)2-3-14(15)18/h2-4,9-10H,5-8,11H2,1H3,(H,19,20). The van der Waals surface area contributed by atoms with Crippen LogP contribution in [-0.4, -0.2) is 49.2 Å². The third-order valence-electron chi connectivity index (χ3n) is 3.96. The third-order valence-corrected chi connectivity index (χ3v) is 3.96. The van der Waals surface area contributed by atoms with Gasteiger partial charge in [-0.3, -0.25) is 4.99 Å². The number of anilines is 1. The Bertz CT molecular complexity index is 696. The summed E-state index contributed by atoms with van der Waals surface area (Å²) >= 11 is 0. The molecule has 0 unspecified atom stereocenters. The van der Waals surface area contributed by atoms with Crippen LogP contribution in [0.5, 0.6) is 0 Å². The first kappa shape index (κ1) is 16.2. The van der Waals surface area contributed by atoms with Gasteiger partial charge in [0.2, 0.25) is 0 Å². The first-order valence-corrected chi connectivity index (χ1v) is 7.72. The van der Waals surface area contributed by atoms with Gasteiger partial charge in [0.25, 0.3) is 0 Å². The van der Waals surface area contributed by atoms with Gasteiger partial charge in [0, 0.05) is 45.4 Å². The lowest BCUT2D eigenvalue weighted by molar-refractivity contribution is 0.368. The number of halogens is 2. The summed E-state index contributed by atoms with van der Waals surface area (Å²) in [4.78, 5) is 8.19. The van der Waals surface area contributed by atoms with Gasteiger partial charge in [-0.25, -0.2) is 8.78 Å². The van der Waals surface area contributed by atoms with E-state index in [9.17, 15) is 8.78 Å². The predicted octanol–water partition coefficient (Wildman–Crippen LogP) is 1.85. The summed E-state index contributed by atoms with van der Waals surface area (Å²) < 4.78 is 32.0. The molecule has 2 aromatic rings. The smallest absolute Gasteiger partial charge is 0.194 e. The Morgan fingerprint density at radius 1 is 1.25 bits per heavy atom. The van der Waals surface area contributed by atoms with Crippen LogP contribution >= 0.6 is 0 Å². The van der Waals surface area contributed by atoms with Crippen molar-refractivity contribution in [1.29, 1.82) is 0 Å². The Kier molecular flexibility index (Phi) is 4.93. The van der Waals surface area contributed by atoms with Crippen LogP contribution in [0.3, 0.4) is 0 Å². The fourth-order valence-corrected chi connectivity index (χ4v) is 2.72. The maximum atomic E-state index is 13.9. The van der Waals surface area contributed by atoms with E-state index >= 15 is 0 Å². The van der Waals surface area contributed by atoms with Crippen LogP contribution in [0.25, 0.3) is 0 Å². The topological polar surface area (TPSA) is 56.9 Å². The number of guanidine groups is 1. The average molecular weight is 335 g/mol. The Balaban J connectivity index is 1.58. The Morgan fingerprint density at radius 2 is 2.04 bits per heavy atom. The number of benzene rings is 1. The van der Waals surface area contributed by atoms with Gasteiger partial charge in [-0.1, -0.05) is 5.16 Å². The molecule has 128 valence electrons. The minimum atomic E-state index is -0.432. The molecule has 1 saturated heterocycles. The highest BCUT2D eigenvalue weighted by atomic mass is 19.1. The Labute approximate surface area is 138 Å². The van der Waals surface area contributed by atoms with Crippen LogP contribution in [-0.2, 0) is 6.54 Å². The molecule has 0 aliphatic carbocycles. The average Bonchev–Trinajstić information content (AvgIpc) is 3.12. The number of hydrogen-bond donors (Lipinski definition) is 1. The van der Waals surface area contributed by atoms with E-state index in [1.54, 1.807) is 13.1 Å². The summed E-state index contributed by atoms with van der Waals surface area (Å²) in [5.74, 6) is -0.0883. The zero-order valence-electron chi connectivity index (χ0n) is 13.4. The van der Waals surface area contributed by atoms with Crippen molar-refractivity contribution < 1.29 is 13.3 Å². The molecular weight excluding hydrogens is 316 g/mol. The van der Waals surface area contributed by atoms with Gasteiger partial charge in [-0.2, -0.15) is 0 Å². The molecule has 1 aliphatic rings. The van der Waals surface area contributed by atoms with Gasteiger partial charge >= 0.3 is 0 Å². The SMILES string of the molecule is CN=C(NCc1ccon1)N1CCN(c2cc(F)ccc2F)CC1. The van der Waals surface area contributed by atoms with E-state index in [2.05, 4.69) is 20.4 Å². The molecule has 0 saturated carbocycles. The van der Waals surface area contributed by atoms with E-state index in [4.69, 9.17) is 4.52 Å². The molecule has 0 bridgehead atoms. The fourth-order valence-electron chi connectivity index (χ4n) is 2.72. The Morgan fingerprint density at radius 3 is 2.71 bits per heavy atom. The normalized spacial score (nSPS) is 15.7. The molecule has 1 aromatic heterocycles. The number of nitrogens with one attached hydrogen (secondary N) is 1. The lowest BCUT2D eigenvalue weighted by Crippen LogP contribution is -2.52. The predicted molar refractivity (Wildman–Crippen MR) is 86.8 cm³/mol. The van der Waals surface area contributed by atoms with Crippen LogP contribution in [0.15, 0.2) is 40.0 Å². The summed E-state index contributed by atoms with van der Waals surface area (Å²) in [6, 6.07) is 5.31. The van der Waals surface area contributed by atoms with Gasteiger partial charge in [0.05, 0.1) is 12.2 Å². The van der Waals surface area contributed by atoms with Crippen LogP contribution < -0.4 is 10.2 Å². The quantitative estimate of drug-likeness (QED) is 0.685. The van der Waals surface area contributed by atoms with Crippen molar-refractivity contribution in [3.63, 3.8) is 0 Å². The minimum Gasteiger partial charge on any atom is -0.366 e. The van der Waals surface area contributed by atoms with Crippen LogP contribution in [0.1, 0.15) is 5.69 Å². The molecule has 8 heteroatoms.